The van der Waals surface area contributed by atoms with E-state index in [0.29, 0.717) is 12.2 Å². The van der Waals surface area contributed by atoms with Gasteiger partial charge in [0.05, 0.1) is 22.8 Å². The molecule has 6 heteroatoms. The van der Waals surface area contributed by atoms with Crippen LogP contribution in [-0.2, 0) is 17.2 Å². The van der Waals surface area contributed by atoms with Crippen LogP contribution in [0.4, 0.5) is 0 Å². The molecule has 0 aliphatic heterocycles. The molecule has 3 rings (SSSR count). The maximum absolute atomic E-state index is 12.6. The Morgan fingerprint density at radius 2 is 1.83 bits per heavy atom. The lowest BCUT2D eigenvalue weighted by molar-refractivity contribution is 0.673. The molecule has 2 unspecified atom stereocenters. The molecule has 0 N–H and O–H groups in total. The first-order chi connectivity index (χ1) is 11.6. The molecule has 0 bridgehead atoms. The lowest BCUT2D eigenvalue weighted by Gasteiger charge is -2.09. The van der Waals surface area contributed by atoms with E-state index >= 15 is 0 Å². The Bertz CT molecular complexity index is 835. The second-order valence-corrected chi connectivity index (χ2v) is 7.78. The summed E-state index contributed by atoms with van der Waals surface area (Å²) in [4.78, 5) is 0. The van der Waals surface area contributed by atoms with Crippen LogP contribution in [0, 0.1) is 0 Å². The molecule has 1 aromatic heterocycles. The van der Waals surface area contributed by atoms with Gasteiger partial charge < -0.3 is 0 Å². The third kappa shape index (κ3) is 3.91. The second-order valence-electron chi connectivity index (χ2n) is 5.49. The van der Waals surface area contributed by atoms with Gasteiger partial charge in [0.2, 0.25) is 0 Å². The predicted molar refractivity (Wildman–Crippen MR) is 97.9 cm³/mol. The molecular weight excluding hydrogens is 342 g/mol. The van der Waals surface area contributed by atoms with Crippen LogP contribution in [0.15, 0.2) is 60.8 Å². The molecule has 1 heterocycles. The molecule has 124 valence electrons. The van der Waals surface area contributed by atoms with Crippen LogP contribution < -0.4 is 0 Å². The summed E-state index contributed by atoms with van der Waals surface area (Å²) >= 11 is 6.15. The normalized spacial score (nSPS) is 13.6. The SMILES string of the molecule is CC(c1cn(-c2ccccc2)nn1)S(=O)CCc1ccccc1Cl. The van der Waals surface area contributed by atoms with Gasteiger partial charge in [-0.25, -0.2) is 4.68 Å². The summed E-state index contributed by atoms with van der Waals surface area (Å²) in [5.74, 6) is 0.545. The Morgan fingerprint density at radius 1 is 1.12 bits per heavy atom. The average molecular weight is 360 g/mol. The van der Waals surface area contributed by atoms with Gasteiger partial charge in [0, 0.05) is 21.6 Å². The smallest absolute Gasteiger partial charge is 0.0984 e. The number of para-hydroxylation sites is 1. The van der Waals surface area contributed by atoms with E-state index in [-0.39, 0.29) is 5.25 Å². The Hall–Kier alpha value is -1.98. The molecule has 4 nitrogen and oxygen atoms in total. The summed E-state index contributed by atoms with van der Waals surface area (Å²) in [6, 6.07) is 17.4. The number of rotatable bonds is 6. The van der Waals surface area contributed by atoms with Gasteiger partial charge in [-0.05, 0) is 37.1 Å². The Morgan fingerprint density at radius 3 is 2.58 bits per heavy atom. The van der Waals surface area contributed by atoms with Gasteiger partial charge in [-0.1, -0.05) is 53.2 Å². The Balaban J connectivity index is 1.66. The summed E-state index contributed by atoms with van der Waals surface area (Å²) in [7, 11) is -1.04. The number of hydrogen-bond donors (Lipinski definition) is 0. The topological polar surface area (TPSA) is 47.8 Å². The molecule has 0 aliphatic carbocycles. The van der Waals surface area contributed by atoms with E-state index in [1.807, 2.05) is 67.7 Å². The van der Waals surface area contributed by atoms with Crippen LogP contribution in [0.25, 0.3) is 5.69 Å². The van der Waals surface area contributed by atoms with Crippen LogP contribution in [0.2, 0.25) is 5.02 Å². The quantitative estimate of drug-likeness (QED) is 0.669. The lowest BCUT2D eigenvalue weighted by atomic mass is 10.2. The van der Waals surface area contributed by atoms with Crippen LogP contribution >= 0.6 is 11.6 Å². The Kier molecular flexibility index (Phi) is 5.43. The standard InChI is InChI=1S/C18H18ClN3OS/c1-14(24(23)12-11-15-7-5-6-10-17(15)19)18-13-22(21-20-18)16-8-3-2-4-9-16/h2-10,13-14H,11-12H2,1H3. The van der Waals surface area contributed by atoms with Crippen molar-refractivity contribution in [3.63, 3.8) is 0 Å². The van der Waals surface area contributed by atoms with Gasteiger partial charge in [-0.15, -0.1) is 5.10 Å². The Labute approximate surface area is 148 Å². The van der Waals surface area contributed by atoms with Gasteiger partial charge in [-0.2, -0.15) is 0 Å². The number of aromatic nitrogens is 3. The fourth-order valence-corrected chi connectivity index (χ4v) is 3.78. The largest absolute Gasteiger partial charge is 0.259 e. The van der Waals surface area contributed by atoms with E-state index < -0.39 is 10.8 Å². The molecular formula is C18H18ClN3OS. The fraction of sp³-hybridized carbons (Fsp3) is 0.222. The maximum Gasteiger partial charge on any atom is 0.0984 e. The van der Waals surface area contributed by atoms with Gasteiger partial charge in [0.25, 0.3) is 0 Å². The third-order valence-corrected chi connectivity index (χ3v) is 5.88. The van der Waals surface area contributed by atoms with Crippen molar-refractivity contribution in [1.29, 1.82) is 0 Å². The summed E-state index contributed by atoms with van der Waals surface area (Å²) in [5.41, 5.74) is 2.69. The van der Waals surface area contributed by atoms with Crippen molar-refractivity contribution in [3.8, 4) is 5.69 Å². The molecule has 0 fully saturated rings. The maximum atomic E-state index is 12.6. The van der Waals surface area contributed by atoms with Gasteiger partial charge in [-0.3, -0.25) is 4.21 Å². The minimum atomic E-state index is -1.04. The zero-order chi connectivity index (χ0) is 16.9. The highest BCUT2D eigenvalue weighted by Gasteiger charge is 2.18. The molecule has 0 aliphatic rings. The molecule has 0 saturated carbocycles. The van der Waals surface area contributed by atoms with Gasteiger partial charge in [0.15, 0.2) is 0 Å². The molecule has 24 heavy (non-hydrogen) atoms. The minimum Gasteiger partial charge on any atom is -0.259 e. The first-order valence-electron chi connectivity index (χ1n) is 7.73. The van der Waals surface area contributed by atoms with E-state index in [1.54, 1.807) is 4.68 Å². The number of aryl methyl sites for hydroxylation is 1. The minimum absolute atomic E-state index is 0.176. The molecule has 0 saturated heterocycles. The lowest BCUT2D eigenvalue weighted by Crippen LogP contribution is -2.09. The van der Waals surface area contributed by atoms with Crippen molar-refractivity contribution in [2.45, 2.75) is 18.6 Å². The average Bonchev–Trinajstić information content (AvgIpc) is 3.11. The highest BCUT2D eigenvalue weighted by Crippen LogP contribution is 2.21. The molecule has 0 spiro atoms. The molecule has 2 atom stereocenters. The van der Waals surface area contributed by atoms with Crippen molar-refractivity contribution in [3.05, 3.63) is 77.1 Å². The predicted octanol–water partition coefficient (Wildman–Crippen LogP) is 3.97. The van der Waals surface area contributed by atoms with Crippen molar-refractivity contribution in [2.75, 3.05) is 5.75 Å². The van der Waals surface area contributed by atoms with Gasteiger partial charge >= 0.3 is 0 Å². The zero-order valence-electron chi connectivity index (χ0n) is 13.3. The number of nitrogens with zero attached hydrogens (tertiary/aromatic N) is 3. The summed E-state index contributed by atoms with van der Waals surface area (Å²) in [5, 5.41) is 8.86. The number of halogens is 1. The molecule has 2 aromatic carbocycles. The zero-order valence-corrected chi connectivity index (χ0v) is 14.9. The summed E-state index contributed by atoms with van der Waals surface area (Å²) in [6.45, 7) is 1.92. The highest BCUT2D eigenvalue weighted by molar-refractivity contribution is 7.85. The van der Waals surface area contributed by atoms with Crippen LogP contribution in [0.3, 0.4) is 0 Å². The van der Waals surface area contributed by atoms with E-state index in [0.717, 1.165) is 22.0 Å². The first-order valence-corrected chi connectivity index (χ1v) is 9.49. The third-order valence-electron chi connectivity index (χ3n) is 3.87. The summed E-state index contributed by atoms with van der Waals surface area (Å²) < 4.78 is 14.3. The van der Waals surface area contributed by atoms with E-state index in [4.69, 9.17) is 11.6 Å². The fourth-order valence-electron chi connectivity index (χ4n) is 2.39. The van der Waals surface area contributed by atoms with E-state index in [2.05, 4.69) is 10.3 Å². The molecule has 0 amide bonds. The van der Waals surface area contributed by atoms with Crippen LogP contribution in [0.1, 0.15) is 23.4 Å². The van der Waals surface area contributed by atoms with Crippen molar-refractivity contribution >= 4 is 22.4 Å². The van der Waals surface area contributed by atoms with Crippen molar-refractivity contribution in [1.82, 2.24) is 15.0 Å². The van der Waals surface area contributed by atoms with Crippen molar-refractivity contribution < 1.29 is 4.21 Å². The van der Waals surface area contributed by atoms with Crippen molar-refractivity contribution in [2.24, 2.45) is 0 Å². The second kappa shape index (κ2) is 7.73. The number of benzene rings is 2. The first kappa shape index (κ1) is 16.9. The summed E-state index contributed by atoms with van der Waals surface area (Å²) in [6.07, 6.45) is 2.52. The van der Waals surface area contributed by atoms with E-state index in [1.165, 1.54) is 0 Å². The van der Waals surface area contributed by atoms with Gasteiger partial charge in [0.1, 0.15) is 0 Å². The monoisotopic (exact) mass is 359 g/mol. The molecule has 0 radical (unpaired) electrons. The van der Waals surface area contributed by atoms with E-state index in [9.17, 15) is 4.21 Å². The van der Waals surface area contributed by atoms with Crippen LogP contribution in [0.5, 0.6) is 0 Å². The number of hydrogen-bond acceptors (Lipinski definition) is 3. The van der Waals surface area contributed by atoms with Crippen LogP contribution in [-0.4, -0.2) is 25.0 Å². The highest BCUT2D eigenvalue weighted by atomic mass is 35.5. The molecule has 3 aromatic rings.